The van der Waals surface area contributed by atoms with Gasteiger partial charge < -0.3 is 19.7 Å². The van der Waals surface area contributed by atoms with Crippen LogP contribution in [-0.2, 0) is 24.2 Å². The van der Waals surface area contributed by atoms with E-state index in [-0.39, 0.29) is 17.5 Å². The van der Waals surface area contributed by atoms with E-state index in [1.807, 2.05) is 4.57 Å². The van der Waals surface area contributed by atoms with Gasteiger partial charge >= 0.3 is 12.9 Å². The van der Waals surface area contributed by atoms with Gasteiger partial charge in [0, 0.05) is 50.3 Å². The number of hydrogen-bond donors (Lipinski definition) is 1. The minimum atomic E-state index is -4.27. The van der Waals surface area contributed by atoms with Gasteiger partial charge in [0.15, 0.2) is 0 Å². The zero-order valence-electron chi connectivity index (χ0n) is 20.9. The number of nitrogens with zero attached hydrogens (tertiary/aromatic N) is 6. The monoisotopic (exact) mass is 547 g/mol. The van der Waals surface area contributed by atoms with E-state index in [1.54, 1.807) is 6.20 Å². The fourth-order valence-electron chi connectivity index (χ4n) is 5.33. The molecule has 210 valence electrons. The molecule has 3 aliphatic rings. The summed E-state index contributed by atoms with van der Waals surface area (Å²) in [4.78, 5) is 29.4. The Hall–Kier alpha value is -2.90. The van der Waals surface area contributed by atoms with E-state index in [1.165, 1.54) is 19.2 Å². The maximum atomic E-state index is 13.1. The fraction of sp³-hybridized carbons (Fsp3) is 0.667. The summed E-state index contributed by atoms with van der Waals surface area (Å²) in [5, 5.41) is 2.81. The third-order valence-corrected chi connectivity index (χ3v) is 7.04. The summed E-state index contributed by atoms with van der Waals surface area (Å²) in [6.07, 6.45) is 2.80. The van der Waals surface area contributed by atoms with Crippen LogP contribution in [0.1, 0.15) is 55.1 Å². The lowest BCUT2D eigenvalue weighted by Crippen LogP contribution is -2.36. The molecule has 2 fully saturated rings. The van der Waals surface area contributed by atoms with Gasteiger partial charge in [0.1, 0.15) is 23.8 Å². The summed E-state index contributed by atoms with van der Waals surface area (Å²) in [7, 11) is 0. The third-order valence-electron chi connectivity index (χ3n) is 7.04. The van der Waals surface area contributed by atoms with Crippen molar-refractivity contribution in [1.29, 1.82) is 0 Å². The molecule has 0 atom stereocenters. The summed E-state index contributed by atoms with van der Waals surface area (Å²) in [5.74, 6) is 2.27. The van der Waals surface area contributed by atoms with Crippen LogP contribution in [0, 0.1) is 0 Å². The van der Waals surface area contributed by atoms with Crippen LogP contribution in [-0.4, -0.2) is 75.9 Å². The minimum absolute atomic E-state index is 0.0358. The number of rotatable bonds is 6. The van der Waals surface area contributed by atoms with Crippen molar-refractivity contribution < 1.29 is 31.1 Å². The van der Waals surface area contributed by atoms with Crippen LogP contribution in [0.25, 0.3) is 0 Å². The van der Waals surface area contributed by atoms with Gasteiger partial charge in [-0.05, 0) is 45.2 Å². The van der Waals surface area contributed by atoms with E-state index >= 15 is 0 Å². The Morgan fingerprint density at radius 1 is 1.00 bits per heavy atom. The zero-order chi connectivity index (χ0) is 27.3. The molecule has 3 aliphatic heterocycles. The lowest BCUT2D eigenvalue weighted by atomic mass is 9.95. The number of likely N-dealkylation sites (tertiary alicyclic amines) is 1. The first-order chi connectivity index (χ1) is 18.1. The molecule has 0 bridgehead atoms. The van der Waals surface area contributed by atoms with Crippen molar-refractivity contribution in [3.63, 3.8) is 0 Å². The highest BCUT2D eigenvalue weighted by atomic mass is 19.4. The highest BCUT2D eigenvalue weighted by Gasteiger charge is 2.32. The van der Waals surface area contributed by atoms with E-state index in [0.29, 0.717) is 25.2 Å². The number of fused-ring (bicyclic) bond motifs is 1. The second kappa shape index (κ2) is 12.3. The van der Waals surface area contributed by atoms with E-state index in [0.717, 1.165) is 62.8 Å². The molecule has 0 aliphatic carbocycles. The molecule has 8 nitrogen and oxygen atoms in total. The maximum absolute atomic E-state index is 13.1. The molecule has 2 aromatic heterocycles. The minimum Gasteiger partial charge on any atom is -0.356 e. The SMILES string of the molecule is FC(F)F.O=C1CCc2c(ncnc2N2CCC(c3nc(CC(F)(F)F)cn3CCN3CCCC3)CC2)N1. The molecule has 0 saturated carbocycles. The number of hydrogen-bond acceptors (Lipinski definition) is 6. The average molecular weight is 548 g/mol. The Labute approximate surface area is 216 Å². The number of carbonyl (C=O) groups excluding carboxylic acids is 1. The molecular formula is C24H31F6N7O. The number of alkyl halides is 6. The Kier molecular flexibility index (Phi) is 9.11. The average Bonchev–Trinajstić information content (AvgIpc) is 3.51. The first-order valence-corrected chi connectivity index (χ1v) is 12.7. The Morgan fingerprint density at radius 2 is 1.68 bits per heavy atom. The molecule has 38 heavy (non-hydrogen) atoms. The van der Waals surface area contributed by atoms with Crippen molar-refractivity contribution in [1.82, 2.24) is 24.4 Å². The van der Waals surface area contributed by atoms with E-state index < -0.39 is 19.3 Å². The Morgan fingerprint density at radius 3 is 2.34 bits per heavy atom. The van der Waals surface area contributed by atoms with Crippen LogP contribution in [0.2, 0.25) is 0 Å². The van der Waals surface area contributed by atoms with E-state index in [4.69, 9.17) is 0 Å². The predicted molar refractivity (Wildman–Crippen MR) is 128 cm³/mol. The van der Waals surface area contributed by atoms with Crippen molar-refractivity contribution in [2.24, 2.45) is 0 Å². The normalized spacial score (nSPS) is 18.8. The largest absolute Gasteiger partial charge is 0.394 e. The lowest BCUT2D eigenvalue weighted by Gasteiger charge is -2.34. The van der Waals surface area contributed by atoms with Gasteiger partial charge in [-0.1, -0.05) is 0 Å². The van der Waals surface area contributed by atoms with Crippen molar-refractivity contribution >= 4 is 17.5 Å². The molecule has 0 unspecified atom stereocenters. The zero-order valence-corrected chi connectivity index (χ0v) is 20.9. The van der Waals surface area contributed by atoms with Crippen molar-refractivity contribution in [2.75, 3.05) is 42.9 Å². The molecule has 0 aromatic carbocycles. The van der Waals surface area contributed by atoms with Gasteiger partial charge in [0.2, 0.25) is 5.91 Å². The second-order valence-electron chi connectivity index (χ2n) is 9.71. The molecule has 2 saturated heterocycles. The van der Waals surface area contributed by atoms with Crippen LogP contribution in [0.15, 0.2) is 12.5 Å². The molecule has 2 aromatic rings. The number of amides is 1. The third kappa shape index (κ3) is 7.58. The first-order valence-electron chi connectivity index (χ1n) is 12.7. The van der Waals surface area contributed by atoms with Gasteiger partial charge in [0.05, 0.1) is 12.1 Å². The summed E-state index contributed by atoms with van der Waals surface area (Å²) in [6.45, 7) is 1.42. The summed E-state index contributed by atoms with van der Waals surface area (Å²) in [5.41, 5.74) is 1.06. The molecule has 1 N–H and O–H groups in total. The van der Waals surface area contributed by atoms with Crippen LogP contribution in [0.4, 0.5) is 38.0 Å². The number of nitrogens with one attached hydrogen (secondary N) is 1. The van der Waals surface area contributed by atoms with Gasteiger partial charge in [-0.2, -0.15) is 26.3 Å². The first kappa shape index (κ1) is 28.1. The number of anilines is 2. The topological polar surface area (TPSA) is 79.2 Å². The molecule has 14 heteroatoms. The van der Waals surface area contributed by atoms with Crippen molar-refractivity contribution in [2.45, 2.75) is 70.3 Å². The molecule has 5 rings (SSSR count). The Balaban J connectivity index is 0.000000786. The van der Waals surface area contributed by atoms with Crippen LogP contribution in [0.3, 0.4) is 0 Å². The van der Waals surface area contributed by atoms with E-state index in [2.05, 4.69) is 30.1 Å². The van der Waals surface area contributed by atoms with Gasteiger partial charge in [-0.25, -0.2) is 15.0 Å². The number of imidazole rings is 1. The van der Waals surface area contributed by atoms with Crippen LogP contribution < -0.4 is 10.2 Å². The molecule has 0 radical (unpaired) electrons. The highest BCUT2D eigenvalue weighted by Crippen LogP contribution is 2.34. The molecule has 1 amide bonds. The molecule has 0 spiro atoms. The number of aromatic nitrogens is 4. The van der Waals surface area contributed by atoms with Crippen LogP contribution >= 0.6 is 0 Å². The molecule has 5 heterocycles. The second-order valence-corrected chi connectivity index (χ2v) is 9.71. The summed E-state index contributed by atoms with van der Waals surface area (Å²) < 4.78 is 70.1. The maximum Gasteiger partial charge on any atom is 0.394 e. The summed E-state index contributed by atoms with van der Waals surface area (Å²) >= 11 is 0. The number of carbonyl (C=O) groups is 1. The predicted octanol–water partition coefficient (Wildman–Crippen LogP) is 4.32. The highest BCUT2D eigenvalue weighted by molar-refractivity contribution is 5.93. The standard InChI is InChI=1S/C23H30F3N7O.CHF3/c24-23(25,26)13-17-14-33(12-11-31-7-1-2-8-31)21(29-17)16-5-9-32(10-6-16)22-18-3-4-19(34)30-20(18)27-15-28-22;2-1(3)4/h14-16H,1-13H2,(H,27,28,30,34);1H. The number of halogens is 6. The van der Waals surface area contributed by atoms with Crippen molar-refractivity contribution in [3.05, 3.63) is 29.6 Å². The Bertz CT molecular complexity index is 1080. The van der Waals surface area contributed by atoms with E-state index in [9.17, 15) is 31.1 Å². The van der Waals surface area contributed by atoms with Gasteiger partial charge in [0.25, 0.3) is 0 Å². The van der Waals surface area contributed by atoms with Gasteiger partial charge in [-0.3, -0.25) is 4.79 Å². The van der Waals surface area contributed by atoms with Gasteiger partial charge in [-0.15, -0.1) is 0 Å². The smallest absolute Gasteiger partial charge is 0.356 e. The number of piperidine rings is 1. The van der Waals surface area contributed by atoms with Crippen molar-refractivity contribution in [3.8, 4) is 0 Å². The van der Waals surface area contributed by atoms with Crippen LogP contribution in [0.5, 0.6) is 0 Å². The lowest BCUT2D eigenvalue weighted by molar-refractivity contribution is -0.127. The quantitative estimate of drug-likeness (QED) is 0.543. The molecular weight excluding hydrogens is 516 g/mol. The fourth-order valence-corrected chi connectivity index (χ4v) is 5.33. The summed E-state index contributed by atoms with van der Waals surface area (Å²) in [6, 6.07) is 0.